The van der Waals surface area contributed by atoms with E-state index in [1.807, 2.05) is 0 Å². The van der Waals surface area contributed by atoms with Crippen LogP contribution in [0.25, 0.3) is 0 Å². The number of esters is 1. The second kappa shape index (κ2) is 5.48. The highest BCUT2D eigenvalue weighted by atomic mass is 32.2. The Labute approximate surface area is 101 Å². The number of nitrogens with zero attached hydrogens (tertiary/aromatic N) is 1. The molecule has 1 amide bonds. The average Bonchev–Trinajstić information content (AvgIpc) is 2.58. The van der Waals surface area contributed by atoms with Gasteiger partial charge in [0.05, 0.1) is 25.0 Å². The Balaban J connectivity index is 2.61. The summed E-state index contributed by atoms with van der Waals surface area (Å²) in [6.45, 7) is 1.59. The van der Waals surface area contributed by atoms with E-state index in [1.165, 1.54) is 18.9 Å². The van der Waals surface area contributed by atoms with Gasteiger partial charge in [0.1, 0.15) is 0 Å². The van der Waals surface area contributed by atoms with Gasteiger partial charge in [0.2, 0.25) is 5.91 Å². The molecule has 1 saturated heterocycles. The number of hydrogen-bond acceptors (Lipinski definition) is 5. The molecule has 0 unspecified atom stereocenters. The fourth-order valence-corrected chi connectivity index (χ4v) is 3.66. The highest BCUT2D eigenvalue weighted by molar-refractivity contribution is 7.91. The Kier molecular flexibility index (Phi) is 4.50. The van der Waals surface area contributed by atoms with Crippen molar-refractivity contribution in [1.29, 1.82) is 0 Å². The zero-order valence-corrected chi connectivity index (χ0v) is 10.8. The molecule has 1 aliphatic rings. The van der Waals surface area contributed by atoms with Gasteiger partial charge in [0, 0.05) is 19.5 Å². The molecule has 0 radical (unpaired) electrons. The van der Waals surface area contributed by atoms with Crippen molar-refractivity contribution in [2.45, 2.75) is 25.8 Å². The van der Waals surface area contributed by atoms with Gasteiger partial charge in [-0.2, -0.15) is 0 Å². The number of carbonyl (C=O) groups is 2. The summed E-state index contributed by atoms with van der Waals surface area (Å²) in [6.07, 6.45) is 0.537. The Morgan fingerprint density at radius 2 is 2.06 bits per heavy atom. The van der Waals surface area contributed by atoms with E-state index in [9.17, 15) is 18.0 Å². The quantitative estimate of drug-likeness (QED) is 0.644. The smallest absolute Gasteiger partial charge is 0.307 e. The molecule has 1 aliphatic heterocycles. The maximum Gasteiger partial charge on any atom is 0.307 e. The largest absolute Gasteiger partial charge is 0.469 e. The van der Waals surface area contributed by atoms with Crippen LogP contribution < -0.4 is 0 Å². The third kappa shape index (κ3) is 3.99. The van der Waals surface area contributed by atoms with Gasteiger partial charge in [0.15, 0.2) is 9.84 Å². The molecule has 0 aliphatic carbocycles. The van der Waals surface area contributed by atoms with Crippen LogP contribution in [0.2, 0.25) is 0 Å². The van der Waals surface area contributed by atoms with Crippen molar-refractivity contribution in [3.63, 3.8) is 0 Å². The van der Waals surface area contributed by atoms with E-state index in [0.717, 1.165) is 0 Å². The lowest BCUT2D eigenvalue weighted by atomic mass is 10.2. The molecule has 0 saturated carbocycles. The third-order valence-electron chi connectivity index (χ3n) is 2.84. The lowest BCUT2D eigenvalue weighted by molar-refractivity contribution is -0.141. The first-order chi connectivity index (χ1) is 7.85. The molecule has 0 aromatic rings. The molecular formula is C10H17NO5S. The van der Waals surface area contributed by atoms with E-state index in [0.29, 0.717) is 6.42 Å². The van der Waals surface area contributed by atoms with Crippen LogP contribution in [0.4, 0.5) is 0 Å². The molecule has 98 valence electrons. The van der Waals surface area contributed by atoms with Crippen LogP contribution in [0.5, 0.6) is 0 Å². The van der Waals surface area contributed by atoms with Gasteiger partial charge >= 0.3 is 5.97 Å². The number of hydrogen-bond donors (Lipinski definition) is 0. The summed E-state index contributed by atoms with van der Waals surface area (Å²) >= 11 is 0. The van der Waals surface area contributed by atoms with Gasteiger partial charge < -0.3 is 9.64 Å². The lowest BCUT2D eigenvalue weighted by Crippen LogP contribution is -2.41. The van der Waals surface area contributed by atoms with Gasteiger partial charge in [0.25, 0.3) is 0 Å². The van der Waals surface area contributed by atoms with E-state index in [2.05, 4.69) is 4.74 Å². The summed E-state index contributed by atoms with van der Waals surface area (Å²) in [7, 11) is -1.75. The average molecular weight is 263 g/mol. The molecule has 0 spiro atoms. The van der Waals surface area contributed by atoms with Crippen molar-refractivity contribution in [2.24, 2.45) is 0 Å². The van der Waals surface area contributed by atoms with Gasteiger partial charge in [-0.25, -0.2) is 8.42 Å². The summed E-state index contributed by atoms with van der Waals surface area (Å²) in [5, 5.41) is 0. The van der Waals surface area contributed by atoms with Crippen LogP contribution in [0.3, 0.4) is 0 Å². The highest BCUT2D eigenvalue weighted by Gasteiger charge is 2.33. The van der Waals surface area contributed by atoms with Crippen LogP contribution in [-0.2, 0) is 24.2 Å². The molecule has 1 fully saturated rings. The Hall–Kier alpha value is -1.11. The van der Waals surface area contributed by atoms with Crippen molar-refractivity contribution in [3.8, 4) is 0 Å². The van der Waals surface area contributed by atoms with E-state index >= 15 is 0 Å². The molecule has 1 atom stereocenters. The van der Waals surface area contributed by atoms with Gasteiger partial charge in [-0.15, -0.1) is 0 Å². The minimum Gasteiger partial charge on any atom is -0.469 e. The number of methoxy groups -OCH3 is 1. The fraction of sp³-hybridized carbons (Fsp3) is 0.800. The molecule has 6 nitrogen and oxygen atoms in total. The van der Waals surface area contributed by atoms with E-state index in [1.54, 1.807) is 0 Å². The van der Waals surface area contributed by atoms with Crippen molar-refractivity contribution in [2.75, 3.05) is 25.2 Å². The van der Waals surface area contributed by atoms with Crippen molar-refractivity contribution in [1.82, 2.24) is 4.90 Å². The van der Waals surface area contributed by atoms with Crippen LogP contribution in [0, 0.1) is 0 Å². The molecule has 0 aromatic heterocycles. The second-order valence-electron chi connectivity index (χ2n) is 4.10. The highest BCUT2D eigenvalue weighted by Crippen LogP contribution is 2.18. The lowest BCUT2D eigenvalue weighted by Gasteiger charge is -2.26. The minimum absolute atomic E-state index is 0.00620. The standard InChI is InChI=1S/C10H17NO5S/c1-8(12)11(5-3-10(13)16-2)9-4-6-17(14,15)7-9/h9H,3-7H2,1-2H3/t9-/m0/s1. The zero-order chi connectivity index (χ0) is 13.1. The van der Waals surface area contributed by atoms with Gasteiger partial charge in [-0.1, -0.05) is 0 Å². The van der Waals surface area contributed by atoms with Crippen molar-refractivity contribution in [3.05, 3.63) is 0 Å². The summed E-state index contributed by atoms with van der Waals surface area (Å²) in [6, 6.07) is -0.304. The zero-order valence-electron chi connectivity index (χ0n) is 10.0. The van der Waals surface area contributed by atoms with Crippen LogP contribution in [-0.4, -0.2) is 56.4 Å². The number of sulfone groups is 1. The number of amides is 1. The molecule has 0 N–H and O–H groups in total. The SMILES string of the molecule is COC(=O)CCN(C(C)=O)[C@H]1CCS(=O)(=O)C1. The summed E-state index contributed by atoms with van der Waals surface area (Å²) in [4.78, 5) is 23.9. The third-order valence-corrected chi connectivity index (χ3v) is 4.59. The number of carbonyl (C=O) groups excluding carboxylic acids is 2. The molecule has 0 bridgehead atoms. The monoisotopic (exact) mass is 263 g/mol. The van der Waals surface area contributed by atoms with Crippen molar-refractivity contribution < 1.29 is 22.7 Å². The van der Waals surface area contributed by atoms with Crippen molar-refractivity contribution >= 4 is 21.7 Å². The van der Waals surface area contributed by atoms with Crippen LogP contribution >= 0.6 is 0 Å². The maximum atomic E-state index is 11.4. The Bertz CT molecular complexity index is 403. The first kappa shape index (κ1) is 14.0. The first-order valence-electron chi connectivity index (χ1n) is 5.40. The molecular weight excluding hydrogens is 246 g/mol. The first-order valence-corrected chi connectivity index (χ1v) is 7.22. The fourth-order valence-electron chi connectivity index (χ4n) is 1.93. The van der Waals surface area contributed by atoms with Crippen LogP contribution in [0.1, 0.15) is 19.8 Å². The predicted octanol–water partition coefficient (Wildman–Crippen LogP) is -0.415. The number of ether oxygens (including phenoxy) is 1. The summed E-state index contributed by atoms with van der Waals surface area (Å²) in [5.74, 6) is -0.513. The Morgan fingerprint density at radius 3 is 2.47 bits per heavy atom. The van der Waals surface area contributed by atoms with E-state index in [4.69, 9.17) is 0 Å². The summed E-state index contributed by atoms with van der Waals surface area (Å²) < 4.78 is 27.2. The van der Waals surface area contributed by atoms with Crippen LogP contribution in [0.15, 0.2) is 0 Å². The molecule has 7 heteroatoms. The number of rotatable bonds is 4. The van der Waals surface area contributed by atoms with E-state index in [-0.39, 0.29) is 36.4 Å². The molecule has 1 heterocycles. The molecule has 0 aromatic carbocycles. The molecule has 17 heavy (non-hydrogen) atoms. The Morgan fingerprint density at radius 1 is 1.41 bits per heavy atom. The normalized spacial score (nSPS) is 22.1. The predicted molar refractivity (Wildman–Crippen MR) is 61.1 cm³/mol. The summed E-state index contributed by atoms with van der Waals surface area (Å²) in [5.41, 5.74) is 0. The van der Waals surface area contributed by atoms with Gasteiger partial charge in [-0.3, -0.25) is 9.59 Å². The second-order valence-corrected chi connectivity index (χ2v) is 6.32. The minimum atomic E-state index is -3.03. The molecule has 1 rings (SSSR count). The van der Waals surface area contributed by atoms with Gasteiger partial charge in [-0.05, 0) is 6.42 Å². The topological polar surface area (TPSA) is 80.8 Å². The van der Waals surface area contributed by atoms with E-state index < -0.39 is 15.8 Å². The maximum absolute atomic E-state index is 11.4.